The van der Waals surface area contributed by atoms with Gasteiger partial charge in [-0.2, -0.15) is 0 Å². The summed E-state index contributed by atoms with van der Waals surface area (Å²) in [6.45, 7) is 3.23. The van der Waals surface area contributed by atoms with Crippen LogP contribution in [0.2, 0.25) is 0 Å². The molecule has 0 aromatic heterocycles. The molecular weight excluding hydrogens is 293 g/mol. The largest absolute Gasteiger partial charge is 0.299 e. The standard InChI is InChI=1S/C15H21BrFN/c1-11-3-7-14(8-4-11)18(2)10-12-5-6-13(17)9-15(12)16/h5-6,9,11,14H,3-4,7-8,10H2,1-2H3. The summed E-state index contributed by atoms with van der Waals surface area (Å²) >= 11 is 3.44. The minimum absolute atomic E-state index is 0.181. The van der Waals surface area contributed by atoms with Crippen molar-refractivity contribution in [1.29, 1.82) is 0 Å². The molecule has 18 heavy (non-hydrogen) atoms. The van der Waals surface area contributed by atoms with E-state index in [-0.39, 0.29) is 5.82 Å². The molecule has 0 unspecified atom stereocenters. The number of benzene rings is 1. The van der Waals surface area contributed by atoms with Gasteiger partial charge in [0.2, 0.25) is 0 Å². The SMILES string of the molecule is CC1CCC(N(C)Cc2ccc(F)cc2Br)CC1. The molecule has 3 heteroatoms. The average molecular weight is 314 g/mol. The maximum atomic E-state index is 13.0. The van der Waals surface area contributed by atoms with Gasteiger partial charge >= 0.3 is 0 Å². The molecule has 1 aliphatic rings. The third-order valence-electron chi connectivity index (χ3n) is 4.04. The van der Waals surface area contributed by atoms with Crippen LogP contribution in [0.4, 0.5) is 4.39 Å². The van der Waals surface area contributed by atoms with Crippen LogP contribution in [0.5, 0.6) is 0 Å². The molecule has 0 heterocycles. The molecule has 1 aliphatic carbocycles. The Morgan fingerprint density at radius 3 is 2.56 bits per heavy atom. The molecule has 100 valence electrons. The van der Waals surface area contributed by atoms with E-state index in [9.17, 15) is 4.39 Å². The van der Waals surface area contributed by atoms with Crippen molar-refractivity contribution in [2.24, 2.45) is 5.92 Å². The van der Waals surface area contributed by atoms with Crippen LogP contribution in [0.1, 0.15) is 38.2 Å². The van der Waals surface area contributed by atoms with Crippen LogP contribution in [0.15, 0.2) is 22.7 Å². The van der Waals surface area contributed by atoms with Crippen molar-refractivity contribution >= 4 is 15.9 Å². The fraction of sp³-hybridized carbons (Fsp3) is 0.600. The van der Waals surface area contributed by atoms with E-state index in [0.717, 1.165) is 22.5 Å². The topological polar surface area (TPSA) is 3.24 Å². The molecule has 1 aromatic carbocycles. The highest BCUT2D eigenvalue weighted by atomic mass is 79.9. The maximum absolute atomic E-state index is 13.0. The van der Waals surface area contributed by atoms with Gasteiger partial charge in [0.05, 0.1) is 0 Å². The predicted molar refractivity (Wildman–Crippen MR) is 77.0 cm³/mol. The van der Waals surface area contributed by atoms with Gasteiger partial charge in [-0.25, -0.2) is 4.39 Å². The smallest absolute Gasteiger partial charge is 0.124 e. The zero-order valence-corrected chi connectivity index (χ0v) is 12.7. The molecule has 0 amide bonds. The molecule has 0 bridgehead atoms. The average Bonchev–Trinajstić information content (AvgIpc) is 2.33. The van der Waals surface area contributed by atoms with Crippen molar-refractivity contribution in [2.45, 2.75) is 45.2 Å². The third-order valence-corrected chi connectivity index (χ3v) is 4.78. The summed E-state index contributed by atoms with van der Waals surface area (Å²) in [5, 5.41) is 0. The van der Waals surface area contributed by atoms with Crippen LogP contribution < -0.4 is 0 Å². The molecular formula is C15H21BrFN. The van der Waals surface area contributed by atoms with E-state index in [1.54, 1.807) is 6.07 Å². The minimum Gasteiger partial charge on any atom is -0.299 e. The van der Waals surface area contributed by atoms with Crippen molar-refractivity contribution in [3.63, 3.8) is 0 Å². The Labute approximate surface area is 118 Å². The second kappa shape index (κ2) is 6.16. The van der Waals surface area contributed by atoms with Gasteiger partial charge in [-0.3, -0.25) is 4.90 Å². The Morgan fingerprint density at radius 2 is 1.94 bits per heavy atom. The zero-order valence-electron chi connectivity index (χ0n) is 11.1. The lowest BCUT2D eigenvalue weighted by Crippen LogP contribution is -2.34. The number of nitrogens with zero attached hydrogens (tertiary/aromatic N) is 1. The molecule has 1 fully saturated rings. The summed E-state index contributed by atoms with van der Waals surface area (Å²) in [5.74, 6) is 0.701. The van der Waals surface area contributed by atoms with Gasteiger partial charge in [-0.15, -0.1) is 0 Å². The molecule has 0 radical (unpaired) electrons. The molecule has 0 N–H and O–H groups in total. The van der Waals surface area contributed by atoms with Gasteiger partial charge in [0.25, 0.3) is 0 Å². The first-order chi connectivity index (χ1) is 8.56. The summed E-state index contributed by atoms with van der Waals surface area (Å²) in [6, 6.07) is 5.64. The second-order valence-corrected chi connectivity index (χ2v) is 6.42. The Bertz CT molecular complexity index is 399. The predicted octanol–water partition coefficient (Wildman–Crippen LogP) is 4.60. The van der Waals surface area contributed by atoms with Gasteiger partial charge in [0.15, 0.2) is 0 Å². The number of halogens is 2. The summed E-state index contributed by atoms with van der Waals surface area (Å²) in [6.07, 6.45) is 5.24. The summed E-state index contributed by atoms with van der Waals surface area (Å²) < 4.78 is 13.9. The van der Waals surface area contributed by atoms with Crippen molar-refractivity contribution in [3.8, 4) is 0 Å². The first kappa shape index (κ1) is 14.0. The van der Waals surface area contributed by atoms with Gasteiger partial charge in [0, 0.05) is 17.1 Å². The van der Waals surface area contributed by atoms with E-state index < -0.39 is 0 Å². The van der Waals surface area contributed by atoms with Gasteiger partial charge < -0.3 is 0 Å². The highest BCUT2D eigenvalue weighted by molar-refractivity contribution is 9.10. The van der Waals surface area contributed by atoms with Crippen molar-refractivity contribution in [3.05, 3.63) is 34.1 Å². The second-order valence-electron chi connectivity index (χ2n) is 5.56. The van der Waals surface area contributed by atoms with E-state index in [4.69, 9.17) is 0 Å². The van der Waals surface area contributed by atoms with Gasteiger partial charge in [-0.05, 0) is 56.3 Å². The Hall–Kier alpha value is -0.410. The highest BCUT2D eigenvalue weighted by Crippen LogP contribution is 2.28. The van der Waals surface area contributed by atoms with E-state index >= 15 is 0 Å². The van der Waals surface area contributed by atoms with E-state index in [1.807, 2.05) is 6.07 Å². The van der Waals surface area contributed by atoms with E-state index in [1.165, 1.54) is 31.7 Å². The summed E-state index contributed by atoms with van der Waals surface area (Å²) in [7, 11) is 2.18. The van der Waals surface area contributed by atoms with Crippen LogP contribution >= 0.6 is 15.9 Å². The van der Waals surface area contributed by atoms with Crippen molar-refractivity contribution in [2.75, 3.05) is 7.05 Å². The fourth-order valence-corrected chi connectivity index (χ4v) is 3.21. The monoisotopic (exact) mass is 313 g/mol. The van der Waals surface area contributed by atoms with E-state index in [2.05, 4.69) is 34.8 Å². The minimum atomic E-state index is -0.181. The first-order valence-electron chi connectivity index (χ1n) is 6.70. The molecule has 1 saturated carbocycles. The normalized spacial score (nSPS) is 24.5. The number of hydrogen-bond acceptors (Lipinski definition) is 1. The van der Waals surface area contributed by atoms with Crippen LogP contribution in [0.25, 0.3) is 0 Å². The lowest BCUT2D eigenvalue weighted by Gasteiger charge is -2.33. The van der Waals surface area contributed by atoms with Crippen LogP contribution in [0.3, 0.4) is 0 Å². The Kier molecular flexibility index (Phi) is 4.79. The molecule has 0 saturated heterocycles. The van der Waals surface area contributed by atoms with Crippen LogP contribution in [0, 0.1) is 11.7 Å². The highest BCUT2D eigenvalue weighted by Gasteiger charge is 2.21. The molecule has 1 nitrogen and oxygen atoms in total. The van der Waals surface area contributed by atoms with Crippen molar-refractivity contribution < 1.29 is 4.39 Å². The molecule has 1 aromatic rings. The summed E-state index contributed by atoms with van der Waals surface area (Å²) in [4.78, 5) is 2.41. The Balaban J connectivity index is 1.96. The number of hydrogen-bond donors (Lipinski definition) is 0. The molecule has 0 atom stereocenters. The number of rotatable bonds is 3. The van der Waals surface area contributed by atoms with Crippen molar-refractivity contribution in [1.82, 2.24) is 4.90 Å². The zero-order chi connectivity index (χ0) is 13.1. The van der Waals surface area contributed by atoms with Gasteiger partial charge in [-0.1, -0.05) is 28.9 Å². The lowest BCUT2D eigenvalue weighted by molar-refractivity contribution is 0.163. The lowest BCUT2D eigenvalue weighted by atomic mass is 9.86. The molecule has 0 aliphatic heterocycles. The van der Waals surface area contributed by atoms with Crippen LogP contribution in [-0.2, 0) is 6.54 Å². The van der Waals surface area contributed by atoms with Crippen LogP contribution in [-0.4, -0.2) is 18.0 Å². The molecule has 0 spiro atoms. The quantitative estimate of drug-likeness (QED) is 0.788. The molecule has 2 rings (SSSR count). The Morgan fingerprint density at radius 1 is 1.28 bits per heavy atom. The fourth-order valence-electron chi connectivity index (χ4n) is 2.73. The summed E-state index contributed by atoms with van der Waals surface area (Å²) in [5.41, 5.74) is 1.16. The third kappa shape index (κ3) is 3.55. The maximum Gasteiger partial charge on any atom is 0.124 e. The van der Waals surface area contributed by atoms with E-state index in [0.29, 0.717) is 6.04 Å². The van der Waals surface area contributed by atoms with Gasteiger partial charge in [0.1, 0.15) is 5.82 Å². The first-order valence-corrected chi connectivity index (χ1v) is 7.49.